The van der Waals surface area contributed by atoms with Gasteiger partial charge in [0.15, 0.2) is 18.2 Å². The number of carbonyl (C=O) groups is 1. The first-order valence-corrected chi connectivity index (χ1v) is 9.71. The van der Waals surface area contributed by atoms with Crippen LogP contribution in [-0.2, 0) is 25.1 Å². The third-order valence-electron chi connectivity index (χ3n) is 3.07. The summed E-state index contributed by atoms with van der Waals surface area (Å²) in [5, 5.41) is 8.78. The van der Waals surface area contributed by atoms with Crippen LogP contribution in [0.3, 0.4) is 0 Å². The number of carboxylic acid groups (broad SMARTS) is 1. The quantitative estimate of drug-likeness (QED) is 0.375. The van der Waals surface area contributed by atoms with Crippen molar-refractivity contribution >= 4 is 13.8 Å². The zero-order chi connectivity index (χ0) is 21.9. The Morgan fingerprint density at radius 1 is 1.24 bits per heavy atom. The normalized spacial score (nSPS) is 13.1. The van der Waals surface area contributed by atoms with Crippen LogP contribution < -0.4 is 9.67 Å². The number of phosphoric ester groups is 1. The highest BCUT2D eigenvalue weighted by atomic mass is 31.2. The molecule has 9 nitrogen and oxygen atoms in total. The number of hydrogen-bond acceptors (Lipinski definition) is 7. The van der Waals surface area contributed by atoms with Crippen molar-refractivity contribution < 1.29 is 46.1 Å². The zero-order valence-electron chi connectivity index (χ0n) is 15.3. The van der Waals surface area contributed by atoms with Gasteiger partial charge in [-0.15, -0.1) is 0 Å². The number of halogens is 3. The molecule has 0 radical (unpaired) electrons. The van der Waals surface area contributed by atoms with E-state index in [2.05, 4.69) is 9.97 Å². The van der Waals surface area contributed by atoms with Crippen LogP contribution in [0.1, 0.15) is 19.8 Å². The van der Waals surface area contributed by atoms with Gasteiger partial charge in [-0.1, -0.05) is 13.3 Å². The number of phosphoric acid groups is 1. The summed E-state index contributed by atoms with van der Waals surface area (Å²) in [5.41, 5.74) is 0.850. The zero-order valence-corrected chi connectivity index (χ0v) is 16.2. The summed E-state index contributed by atoms with van der Waals surface area (Å²) >= 11 is 0. The van der Waals surface area contributed by atoms with E-state index in [-0.39, 0.29) is 13.3 Å². The van der Waals surface area contributed by atoms with Gasteiger partial charge in [-0.25, -0.2) is 19.1 Å². The molecule has 0 spiro atoms. The number of pyridine rings is 1. The maximum absolute atomic E-state index is 11.6. The van der Waals surface area contributed by atoms with Crippen LogP contribution in [0.2, 0.25) is 0 Å². The second-order valence-corrected chi connectivity index (χ2v) is 6.83. The van der Waals surface area contributed by atoms with Crippen LogP contribution in [-0.4, -0.2) is 33.6 Å². The van der Waals surface area contributed by atoms with E-state index < -0.39 is 20.0 Å². The van der Waals surface area contributed by atoms with Crippen LogP contribution in [0.5, 0.6) is 0 Å². The highest BCUT2D eigenvalue weighted by Crippen LogP contribution is 2.43. The summed E-state index contributed by atoms with van der Waals surface area (Å²) in [7, 11) is -4.00. The van der Waals surface area contributed by atoms with Crippen molar-refractivity contribution in [2.45, 2.75) is 32.7 Å². The number of carboxylic acids is 1. The van der Waals surface area contributed by atoms with E-state index >= 15 is 0 Å². The minimum absolute atomic E-state index is 0.0736. The van der Waals surface area contributed by atoms with Crippen molar-refractivity contribution in [3.05, 3.63) is 43.0 Å². The average molecular weight is 437 g/mol. The topological polar surface area (TPSA) is 126 Å². The minimum atomic E-state index is -5.19. The number of hydrogen-bond donors (Lipinski definition) is 1. The maximum atomic E-state index is 11.6. The molecular weight excluding hydrogens is 418 g/mol. The van der Waals surface area contributed by atoms with Crippen LogP contribution in [0.4, 0.5) is 13.2 Å². The fourth-order valence-corrected chi connectivity index (χ4v) is 2.36. The Bertz CT molecular complexity index is 806. The van der Waals surface area contributed by atoms with E-state index in [4.69, 9.17) is 18.9 Å². The third-order valence-corrected chi connectivity index (χ3v) is 4.02. The molecule has 1 N–H and O–H groups in total. The Labute approximate surface area is 164 Å². The van der Waals surface area contributed by atoms with Crippen molar-refractivity contribution in [2.24, 2.45) is 0 Å². The first kappa shape index (κ1) is 24.6. The van der Waals surface area contributed by atoms with Gasteiger partial charge in [0.25, 0.3) is 6.73 Å². The summed E-state index contributed by atoms with van der Waals surface area (Å²) < 4.78 is 54.6. The Morgan fingerprint density at radius 3 is 2.28 bits per heavy atom. The molecule has 2 aromatic heterocycles. The molecule has 13 heteroatoms. The fourth-order valence-electron chi connectivity index (χ4n) is 1.64. The lowest BCUT2D eigenvalue weighted by Crippen LogP contribution is -2.37. The molecular formula is C16H19F3N3O6P. The smallest absolute Gasteiger partial charge is 0.477 e. The monoisotopic (exact) mass is 437 g/mol. The summed E-state index contributed by atoms with van der Waals surface area (Å²) in [6.07, 6.45) is 3.18. The molecule has 2 aromatic rings. The SMILES string of the molecule is CCCCOP(=O)(O)OC[n+]1ccc(-c2ncccn2)cc1.O=C([O-])C(F)(F)F. The fraction of sp³-hybridized carbons (Fsp3) is 0.375. The van der Waals surface area contributed by atoms with Crippen LogP contribution >= 0.6 is 7.82 Å². The first-order chi connectivity index (χ1) is 13.5. The number of alkyl halides is 3. The van der Waals surface area contributed by atoms with E-state index in [0.29, 0.717) is 12.2 Å². The van der Waals surface area contributed by atoms with Gasteiger partial charge in [-0.2, -0.15) is 17.7 Å². The van der Waals surface area contributed by atoms with Crippen molar-refractivity contribution in [3.63, 3.8) is 0 Å². The predicted molar refractivity (Wildman–Crippen MR) is 90.5 cm³/mol. The van der Waals surface area contributed by atoms with E-state index in [9.17, 15) is 22.6 Å². The van der Waals surface area contributed by atoms with Crippen LogP contribution in [0.15, 0.2) is 43.0 Å². The Hall–Kier alpha value is -2.40. The van der Waals surface area contributed by atoms with Gasteiger partial charge >= 0.3 is 14.0 Å². The highest BCUT2D eigenvalue weighted by molar-refractivity contribution is 7.47. The lowest BCUT2D eigenvalue weighted by atomic mass is 10.2. The average Bonchev–Trinajstić information content (AvgIpc) is 2.67. The molecule has 2 rings (SSSR count). The molecule has 0 aliphatic heterocycles. The predicted octanol–water partition coefficient (Wildman–Crippen LogP) is 1.62. The molecule has 1 unspecified atom stereocenters. The summed E-state index contributed by atoms with van der Waals surface area (Å²) in [5.74, 6) is -2.39. The molecule has 0 saturated heterocycles. The Balaban J connectivity index is 0.000000516. The van der Waals surface area contributed by atoms with Crippen molar-refractivity contribution in [2.75, 3.05) is 6.61 Å². The summed E-state index contributed by atoms with van der Waals surface area (Å²) in [6, 6.07) is 5.36. The van der Waals surface area contributed by atoms with Gasteiger partial charge in [0, 0.05) is 30.1 Å². The Morgan fingerprint density at radius 2 is 1.79 bits per heavy atom. The standard InChI is InChI=1S/C14H18N3O4P.C2HF3O2/c1-2-3-11-20-22(18,19)21-12-17-9-5-13(6-10-17)14-15-7-4-8-16-14;3-2(4,5)1(6)7/h4-10H,2-3,11-12H2,1H3;(H,6,7). The van der Waals surface area contributed by atoms with E-state index in [1.54, 1.807) is 47.6 Å². The molecule has 0 saturated carbocycles. The number of nitrogens with zero attached hydrogens (tertiary/aromatic N) is 3. The van der Waals surface area contributed by atoms with Gasteiger partial charge in [0.05, 0.1) is 6.61 Å². The van der Waals surface area contributed by atoms with E-state index in [1.807, 2.05) is 6.92 Å². The van der Waals surface area contributed by atoms with Crippen LogP contribution in [0.25, 0.3) is 11.4 Å². The second kappa shape index (κ2) is 11.6. The largest absolute Gasteiger partial charge is 0.542 e. The number of carbonyl (C=O) groups excluding carboxylic acids is 1. The highest BCUT2D eigenvalue weighted by Gasteiger charge is 2.28. The third kappa shape index (κ3) is 10.1. The molecule has 0 aliphatic rings. The lowest BCUT2D eigenvalue weighted by molar-refractivity contribution is -0.725. The van der Waals surface area contributed by atoms with Gasteiger partial charge in [0.1, 0.15) is 5.97 Å². The molecule has 0 aliphatic carbocycles. The molecule has 0 bridgehead atoms. The molecule has 0 fully saturated rings. The van der Waals surface area contributed by atoms with Crippen molar-refractivity contribution in [1.29, 1.82) is 0 Å². The van der Waals surface area contributed by atoms with Crippen molar-refractivity contribution in [3.8, 4) is 11.4 Å². The summed E-state index contributed by atoms with van der Waals surface area (Å²) in [4.78, 5) is 26.6. The molecule has 0 amide bonds. The summed E-state index contributed by atoms with van der Waals surface area (Å²) in [6.45, 7) is 2.11. The van der Waals surface area contributed by atoms with Gasteiger partial charge < -0.3 is 14.8 Å². The number of aromatic nitrogens is 3. The lowest BCUT2D eigenvalue weighted by Gasteiger charge is -2.09. The minimum Gasteiger partial charge on any atom is -0.542 e. The molecule has 0 aromatic carbocycles. The number of unbranched alkanes of at least 4 members (excludes halogenated alkanes) is 1. The van der Waals surface area contributed by atoms with Gasteiger partial charge in [-0.3, -0.25) is 4.52 Å². The van der Waals surface area contributed by atoms with E-state index in [0.717, 1.165) is 12.0 Å². The van der Waals surface area contributed by atoms with Gasteiger partial charge in [-0.05, 0) is 12.5 Å². The molecule has 1 atom stereocenters. The first-order valence-electron chi connectivity index (χ1n) is 8.21. The number of aliphatic carboxylic acids is 1. The van der Waals surface area contributed by atoms with Gasteiger partial charge in [0.2, 0.25) is 0 Å². The van der Waals surface area contributed by atoms with E-state index in [1.165, 1.54) is 0 Å². The maximum Gasteiger partial charge on any atom is 0.477 e. The molecule has 2 heterocycles. The Kier molecular flexibility index (Phi) is 9.83. The molecule has 29 heavy (non-hydrogen) atoms. The van der Waals surface area contributed by atoms with Crippen LogP contribution in [0, 0.1) is 0 Å². The number of rotatable bonds is 8. The molecule has 160 valence electrons. The second-order valence-electron chi connectivity index (χ2n) is 5.37. The van der Waals surface area contributed by atoms with Crippen molar-refractivity contribution in [1.82, 2.24) is 9.97 Å².